The van der Waals surface area contributed by atoms with Gasteiger partial charge in [-0.3, -0.25) is 4.79 Å². The van der Waals surface area contributed by atoms with Crippen LogP contribution in [-0.4, -0.2) is 53.5 Å². The number of hydrogen-bond acceptors (Lipinski definition) is 5. The Bertz CT molecular complexity index is 1030. The van der Waals surface area contributed by atoms with Crippen LogP contribution in [-0.2, 0) is 13.0 Å². The predicted octanol–water partition coefficient (Wildman–Crippen LogP) is 3.00. The molecule has 0 aliphatic carbocycles. The zero-order valence-corrected chi connectivity index (χ0v) is 16.9. The van der Waals surface area contributed by atoms with E-state index in [4.69, 9.17) is 0 Å². The van der Waals surface area contributed by atoms with E-state index in [0.29, 0.717) is 12.2 Å². The van der Waals surface area contributed by atoms with E-state index < -0.39 is 0 Å². The van der Waals surface area contributed by atoms with Gasteiger partial charge in [0, 0.05) is 51.0 Å². The first-order chi connectivity index (χ1) is 14.8. The monoisotopic (exact) mass is 399 g/mol. The Morgan fingerprint density at radius 1 is 0.767 bits per heavy atom. The number of benzene rings is 2. The second-order valence-electron chi connectivity index (χ2n) is 7.82. The van der Waals surface area contributed by atoms with Crippen LogP contribution in [0, 0.1) is 0 Å². The molecule has 0 saturated carbocycles. The van der Waals surface area contributed by atoms with E-state index in [-0.39, 0.29) is 5.91 Å². The first-order valence-corrected chi connectivity index (χ1v) is 10.5. The molecule has 6 heteroatoms. The fourth-order valence-corrected chi connectivity index (χ4v) is 4.30. The minimum absolute atomic E-state index is 0.0175. The van der Waals surface area contributed by atoms with Gasteiger partial charge < -0.3 is 14.7 Å². The van der Waals surface area contributed by atoms with Gasteiger partial charge in [0.05, 0.1) is 0 Å². The summed E-state index contributed by atoms with van der Waals surface area (Å²) in [7, 11) is 0. The van der Waals surface area contributed by atoms with Crippen LogP contribution in [0.2, 0.25) is 0 Å². The highest BCUT2D eigenvalue weighted by Crippen LogP contribution is 2.22. The lowest BCUT2D eigenvalue weighted by Gasteiger charge is -2.36. The maximum atomic E-state index is 13.1. The summed E-state index contributed by atoms with van der Waals surface area (Å²) in [5.41, 5.74) is 4.29. The molecule has 6 nitrogen and oxygen atoms in total. The molecule has 1 fully saturated rings. The number of amides is 1. The van der Waals surface area contributed by atoms with Crippen molar-refractivity contribution in [3.8, 4) is 0 Å². The first-order valence-electron chi connectivity index (χ1n) is 10.5. The summed E-state index contributed by atoms with van der Waals surface area (Å²) in [4.78, 5) is 28.3. The SMILES string of the molecule is O=C(c1cc(N2CCN(c3ccccc3)CC2)ncn1)N1CCc2ccccc2C1. The van der Waals surface area contributed by atoms with Crippen LogP contribution >= 0.6 is 0 Å². The number of carbonyl (C=O) groups excluding carboxylic acids is 1. The van der Waals surface area contributed by atoms with Crippen LogP contribution in [0.5, 0.6) is 0 Å². The Balaban J connectivity index is 1.26. The topological polar surface area (TPSA) is 52.6 Å². The third-order valence-electron chi connectivity index (χ3n) is 6.01. The second-order valence-corrected chi connectivity index (χ2v) is 7.82. The molecule has 0 N–H and O–H groups in total. The zero-order valence-electron chi connectivity index (χ0n) is 16.9. The van der Waals surface area contributed by atoms with Crippen molar-refractivity contribution in [2.75, 3.05) is 42.5 Å². The molecule has 1 aromatic heterocycles. The number of anilines is 2. The minimum atomic E-state index is -0.0175. The average molecular weight is 399 g/mol. The minimum Gasteiger partial charge on any atom is -0.368 e. The number of aromatic nitrogens is 2. The van der Waals surface area contributed by atoms with Crippen molar-refractivity contribution in [3.05, 3.63) is 83.8 Å². The van der Waals surface area contributed by atoms with Crippen molar-refractivity contribution in [2.24, 2.45) is 0 Å². The van der Waals surface area contributed by atoms with Crippen molar-refractivity contribution in [3.63, 3.8) is 0 Å². The summed E-state index contributed by atoms with van der Waals surface area (Å²) in [6.07, 6.45) is 2.41. The maximum absolute atomic E-state index is 13.1. The zero-order chi connectivity index (χ0) is 20.3. The second kappa shape index (κ2) is 8.14. The highest BCUT2D eigenvalue weighted by Gasteiger charge is 2.24. The highest BCUT2D eigenvalue weighted by molar-refractivity contribution is 5.93. The van der Waals surface area contributed by atoms with Gasteiger partial charge in [-0.15, -0.1) is 0 Å². The Morgan fingerprint density at radius 2 is 1.47 bits per heavy atom. The molecule has 0 atom stereocenters. The van der Waals surface area contributed by atoms with Crippen molar-refractivity contribution in [2.45, 2.75) is 13.0 Å². The van der Waals surface area contributed by atoms with Crippen LogP contribution in [0.15, 0.2) is 67.0 Å². The molecule has 2 aromatic carbocycles. The van der Waals surface area contributed by atoms with Gasteiger partial charge in [0.15, 0.2) is 0 Å². The summed E-state index contributed by atoms with van der Waals surface area (Å²) in [5.74, 6) is 0.814. The fraction of sp³-hybridized carbons (Fsp3) is 0.292. The standard InChI is InChI=1S/C24H25N5O/c30-24(29-11-10-19-6-4-5-7-20(19)17-29)22-16-23(26-18-25-22)28-14-12-27(13-15-28)21-8-2-1-3-9-21/h1-9,16,18H,10-15,17H2. The Morgan fingerprint density at radius 3 is 2.27 bits per heavy atom. The average Bonchev–Trinajstić information content (AvgIpc) is 2.84. The smallest absolute Gasteiger partial charge is 0.272 e. The molecule has 0 spiro atoms. The van der Waals surface area contributed by atoms with Crippen LogP contribution < -0.4 is 9.80 Å². The molecule has 0 radical (unpaired) electrons. The van der Waals surface area contributed by atoms with E-state index >= 15 is 0 Å². The molecule has 0 bridgehead atoms. The summed E-state index contributed by atoms with van der Waals surface area (Å²) >= 11 is 0. The molecule has 152 valence electrons. The lowest BCUT2D eigenvalue weighted by Crippen LogP contribution is -2.47. The van der Waals surface area contributed by atoms with Gasteiger partial charge in [-0.05, 0) is 29.7 Å². The number of fused-ring (bicyclic) bond motifs is 1. The molecule has 2 aliphatic heterocycles. The lowest BCUT2D eigenvalue weighted by molar-refractivity contribution is 0.0728. The predicted molar refractivity (Wildman–Crippen MR) is 118 cm³/mol. The number of nitrogens with zero attached hydrogens (tertiary/aromatic N) is 5. The van der Waals surface area contributed by atoms with Crippen LogP contribution in [0.25, 0.3) is 0 Å². The van der Waals surface area contributed by atoms with E-state index in [2.05, 4.69) is 62.2 Å². The third-order valence-corrected chi connectivity index (χ3v) is 6.01. The molecular formula is C24H25N5O. The molecule has 2 aliphatic rings. The maximum Gasteiger partial charge on any atom is 0.272 e. The first kappa shape index (κ1) is 18.6. The number of rotatable bonds is 3. The number of carbonyl (C=O) groups is 1. The van der Waals surface area contributed by atoms with Gasteiger partial charge >= 0.3 is 0 Å². The normalized spacial score (nSPS) is 16.3. The number of para-hydroxylation sites is 1. The molecular weight excluding hydrogens is 374 g/mol. The fourth-order valence-electron chi connectivity index (χ4n) is 4.30. The summed E-state index contributed by atoms with van der Waals surface area (Å²) in [6.45, 7) is 4.97. The molecule has 1 saturated heterocycles. The van der Waals surface area contributed by atoms with Crippen molar-refractivity contribution in [1.82, 2.24) is 14.9 Å². The van der Waals surface area contributed by atoms with Crippen LogP contribution in [0.1, 0.15) is 21.6 Å². The van der Waals surface area contributed by atoms with Crippen molar-refractivity contribution < 1.29 is 4.79 Å². The van der Waals surface area contributed by atoms with Gasteiger partial charge in [0.2, 0.25) is 0 Å². The van der Waals surface area contributed by atoms with E-state index in [9.17, 15) is 4.79 Å². The lowest BCUT2D eigenvalue weighted by atomic mass is 10.00. The summed E-state index contributed by atoms with van der Waals surface area (Å²) < 4.78 is 0. The summed E-state index contributed by atoms with van der Waals surface area (Å²) in [5, 5.41) is 0. The molecule has 3 aromatic rings. The van der Waals surface area contributed by atoms with Gasteiger partial charge in [-0.25, -0.2) is 9.97 Å². The van der Waals surface area contributed by atoms with E-state index in [0.717, 1.165) is 45.0 Å². The van der Waals surface area contributed by atoms with Crippen molar-refractivity contribution in [1.29, 1.82) is 0 Å². The van der Waals surface area contributed by atoms with Crippen LogP contribution in [0.3, 0.4) is 0 Å². The Kier molecular flexibility index (Phi) is 5.05. The van der Waals surface area contributed by atoms with Gasteiger partial charge in [0.1, 0.15) is 17.8 Å². The van der Waals surface area contributed by atoms with Crippen molar-refractivity contribution >= 4 is 17.4 Å². The van der Waals surface area contributed by atoms with Gasteiger partial charge in [-0.1, -0.05) is 42.5 Å². The van der Waals surface area contributed by atoms with Crippen LogP contribution in [0.4, 0.5) is 11.5 Å². The molecule has 1 amide bonds. The largest absolute Gasteiger partial charge is 0.368 e. The number of hydrogen-bond donors (Lipinski definition) is 0. The Labute approximate surface area is 176 Å². The quantitative estimate of drug-likeness (QED) is 0.678. The third kappa shape index (κ3) is 3.73. The van der Waals surface area contributed by atoms with E-state index in [1.807, 2.05) is 23.1 Å². The molecule has 5 rings (SSSR count). The number of piperazine rings is 1. The molecule has 3 heterocycles. The van der Waals surface area contributed by atoms with Gasteiger partial charge in [0.25, 0.3) is 5.91 Å². The van der Waals surface area contributed by atoms with E-state index in [1.165, 1.54) is 23.1 Å². The van der Waals surface area contributed by atoms with E-state index in [1.54, 1.807) is 0 Å². The van der Waals surface area contributed by atoms with Gasteiger partial charge in [-0.2, -0.15) is 0 Å². The highest BCUT2D eigenvalue weighted by atomic mass is 16.2. The molecule has 0 unspecified atom stereocenters. The summed E-state index contributed by atoms with van der Waals surface area (Å²) in [6, 6.07) is 20.7. The Hall–Kier alpha value is -3.41. The molecule has 30 heavy (non-hydrogen) atoms.